The molecule has 0 fully saturated rings. The van der Waals surface area contributed by atoms with Crippen molar-refractivity contribution in [1.29, 1.82) is 0 Å². The van der Waals surface area contributed by atoms with Gasteiger partial charge in [-0.3, -0.25) is 0 Å². The summed E-state index contributed by atoms with van der Waals surface area (Å²) in [5, 5.41) is 5.16. The zero-order valence-electron chi connectivity index (χ0n) is 14.5. The molecule has 2 nitrogen and oxygen atoms in total. The molecule has 0 radical (unpaired) electrons. The predicted molar refractivity (Wildman–Crippen MR) is 119 cm³/mol. The lowest BCUT2D eigenvalue weighted by Gasteiger charge is -1.92. The molecular weight excluding hydrogens is 396 g/mol. The summed E-state index contributed by atoms with van der Waals surface area (Å²) in [4.78, 5) is 6.78. The van der Waals surface area contributed by atoms with Crippen molar-refractivity contribution in [1.82, 2.24) is 9.97 Å². The van der Waals surface area contributed by atoms with Gasteiger partial charge in [0, 0.05) is 42.6 Å². The van der Waals surface area contributed by atoms with Crippen LogP contribution in [0.25, 0.3) is 43.6 Å². The van der Waals surface area contributed by atoms with Crippen LogP contribution in [0.3, 0.4) is 0 Å². The standard InChI is InChI=1S/C12H8BrN.C12H9N/c13-10-6-3-5-9-8-4-1-2-7-11(8)14-12(9)10;1-3-7-11-9(5-1)10-6-2-4-8-12(10)13-11/h1-7,14H;1-8,13H. The molecule has 0 spiro atoms. The third-order valence-electron chi connectivity index (χ3n) is 4.90. The van der Waals surface area contributed by atoms with Gasteiger partial charge in [0.1, 0.15) is 0 Å². The normalized spacial score (nSPS) is 11.1. The van der Waals surface area contributed by atoms with E-state index in [0.717, 1.165) is 4.47 Å². The second-order valence-corrected chi connectivity index (χ2v) is 7.40. The van der Waals surface area contributed by atoms with Gasteiger partial charge in [-0.15, -0.1) is 0 Å². The summed E-state index contributed by atoms with van der Waals surface area (Å²) in [7, 11) is 0. The van der Waals surface area contributed by atoms with Crippen molar-refractivity contribution in [3.63, 3.8) is 0 Å². The van der Waals surface area contributed by atoms with Crippen LogP contribution in [-0.2, 0) is 0 Å². The Morgan fingerprint density at radius 3 is 1.48 bits per heavy atom. The summed E-state index contributed by atoms with van der Waals surface area (Å²) in [6.45, 7) is 0. The minimum atomic E-state index is 1.12. The van der Waals surface area contributed by atoms with E-state index in [9.17, 15) is 0 Å². The monoisotopic (exact) mass is 412 g/mol. The van der Waals surface area contributed by atoms with Crippen LogP contribution in [0.5, 0.6) is 0 Å². The van der Waals surface area contributed by atoms with E-state index >= 15 is 0 Å². The van der Waals surface area contributed by atoms with Gasteiger partial charge in [-0.25, -0.2) is 0 Å². The molecule has 0 atom stereocenters. The summed E-state index contributed by atoms with van der Waals surface area (Å²) in [6.07, 6.45) is 0. The van der Waals surface area contributed by atoms with Gasteiger partial charge in [-0.1, -0.05) is 66.7 Å². The molecule has 0 aliphatic heterocycles. The van der Waals surface area contributed by atoms with Crippen molar-refractivity contribution in [2.45, 2.75) is 0 Å². The molecule has 6 aromatic rings. The molecule has 2 aromatic heterocycles. The van der Waals surface area contributed by atoms with E-state index in [1.54, 1.807) is 0 Å². The molecule has 0 unspecified atom stereocenters. The fraction of sp³-hybridized carbons (Fsp3) is 0. The molecule has 3 heteroatoms. The van der Waals surface area contributed by atoms with Crippen LogP contribution >= 0.6 is 15.9 Å². The molecule has 0 aliphatic rings. The number of rotatable bonds is 0. The fourth-order valence-electron chi connectivity index (χ4n) is 3.64. The molecule has 2 heterocycles. The third-order valence-corrected chi connectivity index (χ3v) is 5.56. The number of aromatic nitrogens is 2. The largest absolute Gasteiger partial charge is 0.355 e. The van der Waals surface area contributed by atoms with Gasteiger partial charge in [0.15, 0.2) is 0 Å². The molecule has 0 saturated carbocycles. The van der Waals surface area contributed by atoms with Gasteiger partial charge in [0.05, 0.1) is 5.52 Å². The quantitative estimate of drug-likeness (QED) is 0.260. The molecule has 27 heavy (non-hydrogen) atoms. The number of H-pyrrole nitrogens is 2. The Balaban J connectivity index is 0.000000119. The maximum absolute atomic E-state index is 3.54. The zero-order valence-corrected chi connectivity index (χ0v) is 16.1. The second kappa shape index (κ2) is 6.60. The number of hydrogen-bond donors (Lipinski definition) is 2. The van der Waals surface area contributed by atoms with E-state index in [1.807, 2.05) is 6.07 Å². The van der Waals surface area contributed by atoms with Gasteiger partial charge in [0.2, 0.25) is 0 Å². The first-order chi connectivity index (χ1) is 13.3. The molecule has 4 aromatic carbocycles. The highest BCUT2D eigenvalue weighted by molar-refractivity contribution is 9.10. The summed E-state index contributed by atoms with van der Waals surface area (Å²) in [5.41, 5.74) is 4.79. The summed E-state index contributed by atoms with van der Waals surface area (Å²) >= 11 is 3.54. The predicted octanol–water partition coefficient (Wildman–Crippen LogP) is 7.40. The lowest BCUT2D eigenvalue weighted by Crippen LogP contribution is -1.68. The molecular formula is C24H17BrN2. The SMILES string of the molecule is Brc1cccc2c1[nH]c1ccccc12.c1ccc2c(c1)[nH]c1ccccc12. The van der Waals surface area contributed by atoms with Crippen LogP contribution in [0.15, 0.2) is 95.5 Å². The molecule has 0 amide bonds. The van der Waals surface area contributed by atoms with E-state index in [0.29, 0.717) is 0 Å². The number of para-hydroxylation sites is 4. The van der Waals surface area contributed by atoms with Crippen molar-refractivity contribution in [3.8, 4) is 0 Å². The summed E-state index contributed by atoms with van der Waals surface area (Å²) in [6, 6.07) is 31.4. The van der Waals surface area contributed by atoms with Gasteiger partial charge >= 0.3 is 0 Å². The Labute approximate surface area is 165 Å². The average Bonchev–Trinajstić information content (AvgIpc) is 3.28. The maximum Gasteiger partial charge on any atom is 0.0609 e. The van der Waals surface area contributed by atoms with Crippen LogP contribution in [0.4, 0.5) is 0 Å². The maximum atomic E-state index is 3.54. The van der Waals surface area contributed by atoms with Crippen molar-refractivity contribution < 1.29 is 0 Å². The van der Waals surface area contributed by atoms with Gasteiger partial charge in [-0.2, -0.15) is 0 Å². The summed E-state index contributed by atoms with van der Waals surface area (Å²) in [5.74, 6) is 0. The van der Waals surface area contributed by atoms with Crippen LogP contribution in [0.1, 0.15) is 0 Å². The molecule has 0 saturated heterocycles. The molecule has 6 rings (SSSR count). The topological polar surface area (TPSA) is 31.6 Å². The number of aromatic amines is 2. The van der Waals surface area contributed by atoms with E-state index < -0.39 is 0 Å². The lowest BCUT2D eigenvalue weighted by atomic mass is 10.2. The Bertz CT molecular complexity index is 1340. The number of benzene rings is 4. The van der Waals surface area contributed by atoms with Crippen molar-refractivity contribution >= 4 is 59.5 Å². The highest BCUT2D eigenvalue weighted by Gasteiger charge is 2.04. The average molecular weight is 413 g/mol. The molecule has 130 valence electrons. The van der Waals surface area contributed by atoms with Crippen LogP contribution < -0.4 is 0 Å². The Morgan fingerprint density at radius 1 is 0.444 bits per heavy atom. The Kier molecular flexibility index (Phi) is 3.95. The minimum Gasteiger partial charge on any atom is -0.355 e. The van der Waals surface area contributed by atoms with E-state index in [-0.39, 0.29) is 0 Å². The second-order valence-electron chi connectivity index (χ2n) is 6.55. The number of hydrogen-bond acceptors (Lipinski definition) is 0. The van der Waals surface area contributed by atoms with E-state index in [4.69, 9.17) is 0 Å². The number of nitrogens with one attached hydrogen (secondary N) is 2. The van der Waals surface area contributed by atoms with Crippen molar-refractivity contribution in [3.05, 3.63) is 95.5 Å². The highest BCUT2D eigenvalue weighted by Crippen LogP contribution is 2.29. The van der Waals surface area contributed by atoms with Crippen LogP contribution in [0, 0.1) is 0 Å². The van der Waals surface area contributed by atoms with Gasteiger partial charge in [0.25, 0.3) is 0 Å². The third kappa shape index (κ3) is 2.81. The number of halogens is 1. The summed E-state index contributed by atoms with van der Waals surface area (Å²) < 4.78 is 1.12. The lowest BCUT2D eigenvalue weighted by molar-refractivity contribution is 1.53. The smallest absolute Gasteiger partial charge is 0.0609 e. The molecule has 2 N–H and O–H groups in total. The first kappa shape index (κ1) is 16.2. The zero-order chi connectivity index (χ0) is 18.2. The highest BCUT2D eigenvalue weighted by atomic mass is 79.9. The number of fused-ring (bicyclic) bond motifs is 6. The van der Waals surface area contributed by atoms with E-state index in [1.165, 1.54) is 43.6 Å². The first-order valence-electron chi connectivity index (χ1n) is 8.92. The van der Waals surface area contributed by atoms with E-state index in [2.05, 4.69) is 111 Å². The Hall–Kier alpha value is -3.04. The first-order valence-corrected chi connectivity index (χ1v) is 9.71. The Morgan fingerprint density at radius 2 is 0.889 bits per heavy atom. The fourth-order valence-corrected chi connectivity index (χ4v) is 4.10. The molecule has 0 bridgehead atoms. The van der Waals surface area contributed by atoms with Gasteiger partial charge in [-0.05, 0) is 40.2 Å². The van der Waals surface area contributed by atoms with Gasteiger partial charge < -0.3 is 9.97 Å². The van der Waals surface area contributed by atoms with Crippen LogP contribution in [-0.4, -0.2) is 9.97 Å². The van der Waals surface area contributed by atoms with Crippen LogP contribution in [0.2, 0.25) is 0 Å². The van der Waals surface area contributed by atoms with Crippen molar-refractivity contribution in [2.75, 3.05) is 0 Å². The van der Waals surface area contributed by atoms with Crippen molar-refractivity contribution in [2.24, 2.45) is 0 Å². The molecule has 0 aliphatic carbocycles. The minimum absolute atomic E-state index is 1.12.